The molecule has 5 nitrogen and oxygen atoms in total. The zero-order chi connectivity index (χ0) is 20.0. The smallest absolute Gasteiger partial charge is 0.291 e. The fourth-order valence-electron chi connectivity index (χ4n) is 3.97. The van der Waals surface area contributed by atoms with Crippen molar-refractivity contribution in [2.24, 2.45) is 0 Å². The van der Waals surface area contributed by atoms with E-state index in [2.05, 4.69) is 12.2 Å². The fourth-order valence-corrected chi connectivity index (χ4v) is 3.97. The molecule has 0 aliphatic carbocycles. The molecular weight excluding hydrogens is 364 g/mol. The topological polar surface area (TPSA) is 62.6 Å². The summed E-state index contributed by atoms with van der Waals surface area (Å²) in [6, 6.07) is 18.7. The lowest BCUT2D eigenvalue weighted by Gasteiger charge is -2.17. The maximum Gasteiger partial charge on any atom is 0.291 e. The highest BCUT2D eigenvalue weighted by atomic mass is 16.3. The fraction of sp³-hybridized carbons (Fsp3) is 0.167. The highest BCUT2D eigenvalue weighted by Gasteiger charge is 2.30. The number of para-hydroxylation sites is 1. The third kappa shape index (κ3) is 2.78. The number of unbranched alkanes of at least 4 members (excludes halogenated alkanes) is 1. The van der Waals surface area contributed by atoms with E-state index in [1.54, 1.807) is 6.07 Å². The van der Waals surface area contributed by atoms with Crippen LogP contribution in [0.25, 0.3) is 21.7 Å². The van der Waals surface area contributed by atoms with E-state index < -0.39 is 0 Å². The average molecular weight is 384 g/mol. The second-order valence-electron chi connectivity index (χ2n) is 7.27. The molecular formula is C24H20N2O3. The Morgan fingerprint density at radius 3 is 2.76 bits per heavy atom. The lowest BCUT2D eigenvalue weighted by atomic mass is 10.0. The standard InChI is InChI=1S/C24H20N2O3/c1-2-3-13-26-19-12-11-18(16-8-6-9-17(22(16)19)24(26)28)25-23(27)21-14-15-7-4-5-10-20(15)29-21/h4-12,14H,2-3,13H2,1H3,(H,25,27). The number of rotatable bonds is 5. The van der Waals surface area contributed by atoms with Crippen molar-refractivity contribution in [3.8, 4) is 0 Å². The molecule has 29 heavy (non-hydrogen) atoms. The van der Waals surface area contributed by atoms with Crippen molar-refractivity contribution in [2.75, 3.05) is 16.8 Å². The van der Waals surface area contributed by atoms with E-state index in [1.165, 1.54) is 0 Å². The monoisotopic (exact) mass is 384 g/mol. The number of anilines is 2. The number of fused-ring (bicyclic) bond motifs is 1. The van der Waals surface area contributed by atoms with Gasteiger partial charge in [0, 0.05) is 34.0 Å². The number of nitrogens with one attached hydrogen (secondary N) is 1. The maximum atomic E-state index is 12.9. The number of carbonyl (C=O) groups excluding carboxylic acids is 2. The van der Waals surface area contributed by atoms with Gasteiger partial charge in [-0.1, -0.05) is 43.7 Å². The number of hydrogen-bond donors (Lipinski definition) is 1. The molecule has 5 rings (SSSR count). The Kier molecular flexibility index (Phi) is 4.09. The summed E-state index contributed by atoms with van der Waals surface area (Å²) in [5.41, 5.74) is 2.95. The molecule has 1 aromatic heterocycles. The number of nitrogens with zero attached hydrogens (tertiary/aromatic N) is 1. The quantitative estimate of drug-likeness (QED) is 0.487. The number of benzene rings is 3. The van der Waals surface area contributed by atoms with E-state index in [1.807, 2.05) is 59.5 Å². The van der Waals surface area contributed by atoms with Crippen LogP contribution < -0.4 is 10.2 Å². The molecule has 0 saturated carbocycles. The molecule has 0 radical (unpaired) electrons. The van der Waals surface area contributed by atoms with Crippen LogP contribution in [0.15, 0.2) is 65.1 Å². The highest BCUT2D eigenvalue weighted by Crippen LogP contribution is 2.40. The van der Waals surface area contributed by atoms with Gasteiger partial charge < -0.3 is 14.6 Å². The number of furan rings is 1. The van der Waals surface area contributed by atoms with Crippen LogP contribution in [0.4, 0.5) is 11.4 Å². The number of hydrogen-bond acceptors (Lipinski definition) is 3. The first-order valence-electron chi connectivity index (χ1n) is 9.85. The van der Waals surface area contributed by atoms with Crippen molar-refractivity contribution < 1.29 is 14.0 Å². The van der Waals surface area contributed by atoms with Gasteiger partial charge in [0.2, 0.25) is 0 Å². The number of carbonyl (C=O) groups is 2. The van der Waals surface area contributed by atoms with Gasteiger partial charge in [0.15, 0.2) is 5.76 Å². The third-order valence-corrected chi connectivity index (χ3v) is 5.42. The minimum Gasteiger partial charge on any atom is -0.451 e. The first kappa shape index (κ1) is 17.5. The van der Waals surface area contributed by atoms with Crippen LogP contribution in [0.5, 0.6) is 0 Å². The minimum atomic E-state index is -0.311. The molecule has 0 saturated heterocycles. The Bertz CT molecular complexity index is 1240. The van der Waals surface area contributed by atoms with Gasteiger partial charge in [0.25, 0.3) is 11.8 Å². The van der Waals surface area contributed by atoms with Gasteiger partial charge in [-0.2, -0.15) is 0 Å². The summed E-state index contributed by atoms with van der Waals surface area (Å²) in [7, 11) is 0. The van der Waals surface area contributed by atoms with Crippen LogP contribution in [0.2, 0.25) is 0 Å². The second kappa shape index (κ2) is 6.78. The van der Waals surface area contributed by atoms with Crippen molar-refractivity contribution in [1.82, 2.24) is 0 Å². The SMILES string of the molecule is CCCCN1C(=O)c2cccc3c(NC(=O)c4cc5ccccc5o4)ccc1c23. The van der Waals surface area contributed by atoms with E-state index in [0.29, 0.717) is 23.4 Å². The van der Waals surface area contributed by atoms with Crippen molar-refractivity contribution in [1.29, 1.82) is 0 Å². The van der Waals surface area contributed by atoms with Crippen molar-refractivity contribution in [3.63, 3.8) is 0 Å². The third-order valence-electron chi connectivity index (χ3n) is 5.42. The summed E-state index contributed by atoms with van der Waals surface area (Å²) in [6.45, 7) is 2.81. The molecule has 0 bridgehead atoms. The van der Waals surface area contributed by atoms with Gasteiger partial charge >= 0.3 is 0 Å². The van der Waals surface area contributed by atoms with Gasteiger partial charge in [-0.15, -0.1) is 0 Å². The molecule has 1 aliphatic rings. The molecule has 2 heterocycles. The van der Waals surface area contributed by atoms with Crippen LogP contribution >= 0.6 is 0 Å². The van der Waals surface area contributed by atoms with Crippen LogP contribution in [0, 0.1) is 0 Å². The zero-order valence-corrected chi connectivity index (χ0v) is 16.1. The summed E-state index contributed by atoms with van der Waals surface area (Å²) < 4.78 is 5.68. The largest absolute Gasteiger partial charge is 0.451 e. The Morgan fingerprint density at radius 2 is 1.93 bits per heavy atom. The predicted octanol–water partition coefficient (Wildman–Crippen LogP) is 5.60. The van der Waals surface area contributed by atoms with E-state index in [0.717, 1.165) is 34.7 Å². The zero-order valence-electron chi connectivity index (χ0n) is 16.1. The van der Waals surface area contributed by atoms with E-state index in [4.69, 9.17) is 4.42 Å². The highest BCUT2D eigenvalue weighted by molar-refractivity contribution is 6.27. The normalized spacial score (nSPS) is 12.9. The first-order chi connectivity index (χ1) is 14.2. The molecule has 144 valence electrons. The second-order valence-corrected chi connectivity index (χ2v) is 7.27. The van der Waals surface area contributed by atoms with Crippen molar-refractivity contribution in [3.05, 3.63) is 72.0 Å². The molecule has 1 N–H and O–H groups in total. The molecule has 3 aromatic carbocycles. The van der Waals surface area contributed by atoms with Crippen molar-refractivity contribution >= 4 is 44.9 Å². The van der Waals surface area contributed by atoms with Gasteiger partial charge in [-0.3, -0.25) is 9.59 Å². The molecule has 4 aromatic rings. The average Bonchev–Trinajstić information content (AvgIpc) is 3.29. The molecule has 1 aliphatic heterocycles. The molecule has 2 amide bonds. The van der Waals surface area contributed by atoms with E-state index in [9.17, 15) is 9.59 Å². The summed E-state index contributed by atoms with van der Waals surface area (Å²) in [6.07, 6.45) is 1.97. The summed E-state index contributed by atoms with van der Waals surface area (Å²) >= 11 is 0. The van der Waals surface area contributed by atoms with Gasteiger partial charge in [0.05, 0.1) is 5.69 Å². The Hall–Kier alpha value is -3.60. The lowest BCUT2D eigenvalue weighted by molar-refractivity contribution is 0.0987. The lowest BCUT2D eigenvalue weighted by Crippen LogP contribution is -2.27. The van der Waals surface area contributed by atoms with E-state index >= 15 is 0 Å². The molecule has 0 spiro atoms. The van der Waals surface area contributed by atoms with Crippen LogP contribution in [-0.2, 0) is 0 Å². The molecule has 5 heteroatoms. The van der Waals surface area contributed by atoms with Gasteiger partial charge in [-0.25, -0.2) is 0 Å². The Balaban J connectivity index is 1.53. The van der Waals surface area contributed by atoms with Crippen LogP contribution in [-0.4, -0.2) is 18.4 Å². The molecule has 0 unspecified atom stereocenters. The first-order valence-corrected chi connectivity index (χ1v) is 9.85. The van der Waals surface area contributed by atoms with Gasteiger partial charge in [0.1, 0.15) is 5.58 Å². The van der Waals surface area contributed by atoms with Crippen LogP contribution in [0.3, 0.4) is 0 Å². The predicted molar refractivity (Wildman–Crippen MR) is 115 cm³/mol. The molecule has 0 atom stereocenters. The Labute approximate surface area is 167 Å². The summed E-state index contributed by atoms with van der Waals surface area (Å²) in [5.74, 6) is -0.0241. The minimum absolute atomic E-state index is 0.0276. The van der Waals surface area contributed by atoms with Crippen LogP contribution in [0.1, 0.15) is 40.7 Å². The van der Waals surface area contributed by atoms with E-state index in [-0.39, 0.29) is 17.6 Å². The van der Waals surface area contributed by atoms with Gasteiger partial charge in [-0.05, 0) is 36.8 Å². The summed E-state index contributed by atoms with van der Waals surface area (Å²) in [4.78, 5) is 27.5. The number of amides is 2. The maximum absolute atomic E-state index is 12.9. The Morgan fingerprint density at radius 1 is 1.07 bits per heavy atom. The van der Waals surface area contributed by atoms with Crippen molar-refractivity contribution in [2.45, 2.75) is 19.8 Å². The summed E-state index contributed by atoms with van der Waals surface area (Å²) in [5, 5.41) is 5.60. The molecule has 0 fully saturated rings.